The van der Waals surface area contributed by atoms with Crippen LogP contribution < -0.4 is 9.96 Å². The van der Waals surface area contributed by atoms with Gasteiger partial charge in [-0.2, -0.15) is 4.89 Å². The first-order chi connectivity index (χ1) is 12.7. The van der Waals surface area contributed by atoms with Crippen LogP contribution in [0, 0.1) is 0 Å². The molecule has 0 saturated carbocycles. The van der Waals surface area contributed by atoms with Crippen LogP contribution in [0.1, 0.15) is 48.4 Å². The van der Waals surface area contributed by atoms with Crippen molar-refractivity contribution in [2.75, 3.05) is 11.8 Å². The average molecular weight is 359 g/mol. The van der Waals surface area contributed by atoms with Crippen LogP contribution in [0.2, 0.25) is 0 Å². The summed E-state index contributed by atoms with van der Waals surface area (Å²) in [7, 11) is 0. The van der Waals surface area contributed by atoms with Crippen LogP contribution in [0.4, 0.5) is 5.69 Å². The second-order valence-electron chi connectivity index (χ2n) is 5.81. The van der Waals surface area contributed by atoms with Crippen LogP contribution in [0.3, 0.4) is 0 Å². The molecule has 0 amide bonds. The minimum absolute atomic E-state index is 0.123. The molecule has 1 aliphatic heterocycles. The summed E-state index contributed by atoms with van der Waals surface area (Å²) in [5.41, 5.74) is 1.23. The smallest absolute Gasteiger partial charge is 0.335 e. The minimum Gasteiger partial charge on any atom is -0.493 e. The summed E-state index contributed by atoms with van der Waals surface area (Å²) in [6, 6.07) is 13.6. The van der Waals surface area contributed by atoms with E-state index in [1.54, 1.807) is 12.1 Å². The number of aromatic carboxylic acids is 1. The first-order valence-electron chi connectivity index (χ1n) is 8.54. The van der Waals surface area contributed by atoms with Gasteiger partial charge in [0, 0.05) is 0 Å². The first-order valence-corrected chi connectivity index (χ1v) is 8.54. The molecule has 1 heterocycles. The molecule has 0 bridgehead atoms. The maximum atomic E-state index is 11.1. The Bertz CT molecular complexity index is 750. The lowest BCUT2D eigenvalue weighted by atomic mass is 10.2. The van der Waals surface area contributed by atoms with Gasteiger partial charge in [-0.25, -0.2) is 9.63 Å². The summed E-state index contributed by atoms with van der Waals surface area (Å²) in [4.78, 5) is 27.1. The number of carboxylic acid groups (broad SMARTS) is 1. The zero-order valence-electron chi connectivity index (χ0n) is 14.5. The molecule has 0 aliphatic carbocycles. The zero-order chi connectivity index (χ0) is 18.4. The fourth-order valence-corrected chi connectivity index (χ4v) is 2.51. The largest absolute Gasteiger partial charge is 0.493 e. The summed E-state index contributed by atoms with van der Waals surface area (Å²) < 4.78 is 5.83. The van der Waals surface area contributed by atoms with E-state index >= 15 is 0 Å². The summed E-state index contributed by atoms with van der Waals surface area (Å²) in [6.45, 7) is 2.75. The van der Waals surface area contributed by atoms with Crippen molar-refractivity contribution >= 4 is 11.7 Å². The maximum absolute atomic E-state index is 11.1. The Labute approximate surface area is 151 Å². The molecule has 1 unspecified atom stereocenters. The van der Waals surface area contributed by atoms with Crippen molar-refractivity contribution in [1.29, 1.82) is 0 Å². The van der Waals surface area contributed by atoms with Gasteiger partial charge in [-0.3, -0.25) is 0 Å². The summed E-state index contributed by atoms with van der Waals surface area (Å²) >= 11 is 0. The van der Waals surface area contributed by atoms with Gasteiger partial charge in [0.15, 0.2) is 0 Å². The van der Waals surface area contributed by atoms with Gasteiger partial charge >= 0.3 is 5.97 Å². The number of unbranched alkanes of at least 4 members (excludes halogenated alkanes) is 2. The minimum atomic E-state index is -1.03. The van der Waals surface area contributed by atoms with E-state index in [1.807, 2.05) is 24.3 Å². The third kappa shape index (κ3) is 4.32. The van der Waals surface area contributed by atoms with Gasteiger partial charge in [-0.15, -0.1) is 0 Å². The average Bonchev–Trinajstić information content (AvgIpc) is 3.16. The number of ether oxygens (including phenoxy) is 1. The quantitative estimate of drug-likeness (QED) is 0.557. The highest BCUT2D eigenvalue weighted by molar-refractivity contribution is 5.88. The SMILES string of the molecule is CCCCCOc1ccccc1C1OON(c2cccc(C(=O)O)c2)O1. The fraction of sp³-hybridized carbons (Fsp3) is 0.316. The van der Waals surface area contributed by atoms with E-state index in [-0.39, 0.29) is 5.56 Å². The lowest BCUT2D eigenvalue weighted by Crippen LogP contribution is -2.15. The first kappa shape index (κ1) is 18.2. The molecule has 1 fully saturated rings. The van der Waals surface area contributed by atoms with E-state index in [0.29, 0.717) is 23.6 Å². The molecular formula is C19H21NO6. The number of hydrogen-bond donors (Lipinski definition) is 1. The zero-order valence-corrected chi connectivity index (χ0v) is 14.5. The lowest BCUT2D eigenvalue weighted by Gasteiger charge is -2.14. The van der Waals surface area contributed by atoms with Gasteiger partial charge in [0.1, 0.15) is 5.75 Å². The Morgan fingerprint density at radius 2 is 2.04 bits per heavy atom. The van der Waals surface area contributed by atoms with E-state index in [2.05, 4.69) is 6.92 Å². The standard InChI is InChI=1S/C19H21NO6/c1-2-3-6-12-23-17-11-5-4-10-16(17)19-24-20(26-25-19)15-9-7-8-14(13-15)18(21)22/h4-5,7-11,13,19H,2-3,6,12H2,1H3,(H,21,22). The Morgan fingerprint density at radius 1 is 1.19 bits per heavy atom. The Hall–Kier alpha value is -2.61. The van der Waals surface area contributed by atoms with Gasteiger partial charge in [0.25, 0.3) is 6.29 Å². The van der Waals surface area contributed by atoms with E-state index in [4.69, 9.17) is 24.6 Å². The second-order valence-corrected chi connectivity index (χ2v) is 5.81. The molecule has 1 aliphatic rings. The third-order valence-corrected chi connectivity index (χ3v) is 3.87. The Kier molecular flexibility index (Phi) is 6.06. The molecule has 0 spiro atoms. The van der Waals surface area contributed by atoms with Crippen molar-refractivity contribution < 1.29 is 29.4 Å². The lowest BCUT2D eigenvalue weighted by molar-refractivity contribution is -0.286. The molecule has 0 radical (unpaired) electrons. The predicted molar refractivity (Wildman–Crippen MR) is 93.3 cm³/mol. The number of nitrogens with zero attached hydrogens (tertiary/aromatic N) is 1. The molecule has 138 valence electrons. The van der Waals surface area contributed by atoms with Crippen molar-refractivity contribution in [2.24, 2.45) is 0 Å². The van der Waals surface area contributed by atoms with Crippen molar-refractivity contribution in [1.82, 2.24) is 0 Å². The number of rotatable bonds is 8. The van der Waals surface area contributed by atoms with Crippen LogP contribution in [-0.2, 0) is 14.7 Å². The molecule has 26 heavy (non-hydrogen) atoms. The van der Waals surface area contributed by atoms with Gasteiger partial charge in [0.05, 0.1) is 23.4 Å². The van der Waals surface area contributed by atoms with Gasteiger partial charge < -0.3 is 9.84 Å². The summed E-state index contributed by atoms with van der Waals surface area (Å²) in [5, 5.41) is 10.1. The third-order valence-electron chi connectivity index (χ3n) is 3.87. The van der Waals surface area contributed by atoms with Crippen LogP contribution in [0.25, 0.3) is 0 Å². The Morgan fingerprint density at radius 3 is 2.85 bits per heavy atom. The highest BCUT2D eigenvalue weighted by Crippen LogP contribution is 2.35. The van der Waals surface area contributed by atoms with Crippen LogP contribution >= 0.6 is 0 Å². The molecule has 1 saturated heterocycles. The van der Waals surface area contributed by atoms with Crippen molar-refractivity contribution in [2.45, 2.75) is 32.5 Å². The maximum Gasteiger partial charge on any atom is 0.335 e. The van der Waals surface area contributed by atoms with Crippen molar-refractivity contribution in [3.8, 4) is 5.75 Å². The molecular weight excluding hydrogens is 338 g/mol. The number of carboxylic acids is 1. The molecule has 1 atom stereocenters. The normalized spacial score (nSPS) is 16.7. The molecule has 2 aromatic rings. The van der Waals surface area contributed by atoms with Crippen LogP contribution in [0.15, 0.2) is 48.5 Å². The number of para-hydroxylation sites is 1. The topological polar surface area (TPSA) is 77.5 Å². The van der Waals surface area contributed by atoms with Crippen LogP contribution in [0.5, 0.6) is 5.75 Å². The molecule has 0 aromatic heterocycles. The fourth-order valence-electron chi connectivity index (χ4n) is 2.51. The second kappa shape index (κ2) is 8.66. The Balaban J connectivity index is 1.69. The van der Waals surface area contributed by atoms with Gasteiger partial charge in [-0.1, -0.05) is 54.2 Å². The van der Waals surface area contributed by atoms with Gasteiger partial charge in [-0.05, 0) is 30.7 Å². The highest BCUT2D eigenvalue weighted by atomic mass is 17.4. The monoisotopic (exact) mass is 359 g/mol. The molecule has 2 aromatic carbocycles. The summed E-state index contributed by atoms with van der Waals surface area (Å²) in [5.74, 6) is -0.368. The van der Waals surface area contributed by atoms with E-state index < -0.39 is 12.3 Å². The van der Waals surface area contributed by atoms with Crippen LogP contribution in [-0.4, -0.2) is 17.7 Å². The predicted octanol–water partition coefficient (Wildman–Crippen LogP) is 4.27. The molecule has 7 heteroatoms. The highest BCUT2D eigenvalue weighted by Gasteiger charge is 2.31. The van der Waals surface area contributed by atoms with E-state index in [0.717, 1.165) is 24.5 Å². The molecule has 1 N–H and O–H groups in total. The number of carbonyl (C=O) groups is 1. The van der Waals surface area contributed by atoms with Gasteiger partial charge in [0.2, 0.25) is 0 Å². The molecule has 7 nitrogen and oxygen atoms in total. The van der Waals surface area contributed by atoms with Crippen molar-refractivity contribution in [3.05, 3.63) is 59.7 Å². The van der Waals surface area contributed by atoms with Crippen molar-refractivity contribution in [3.63, 3.8) is 0 Å². The number of hydrogen-bond acceptors (Lipinski definition) is 6. The van der Waals surface area contributed by atoms with E-state index in [1.165, 1.54) is 12.1 Å². The number of anilines is 1. The van der Waals surface area contributed by atoms with E-state index in [9.17, 15) is 4.79 Å². The molecule has 3 rings (SSSR count). The number of benzene rings is 2. The summed E-state index contributed by atoms with van der Waals surface area (Å²) in [6.07, 6.45) is 2.39.